The maximum atomic E-state index is 12.1. The minimum atomic E-state index is -0.117. The molecule has 94 valence electrons. The van der Waals surface area contributed by atoms with Crippen molar-refractivity contribution < 1.29 is 4.79 Å². The molecule has 1 aromatic carbocycles. The highest BCUT2D eigenvalue weighted by Crippen LogP contribution is 2.15. The minimum absolute atomic E-state index is 0.117. The van der Waals surface area contributed by atoms with Crippen molar-refractivity contribution in [2.24, 2.45) is 5.92 Å². The Morgan fingerprint density at radius 1 is 1.44 bits per heavy atom. The van der Waals surface area contributed by atoms with Crippen LogP contribution in [-0.2, 0) is 0 Å². The minimum Gasteiger partial charge on any atom is -0.294 e. The monoisotopic (exact) mass is 305 g/mol. The summed E-state index contributed by atoms with van der Waals surface area (Å²) >= 11 is 3.35. The lowest BCUT2D eigenvalue weighted by molar-refractivity contribution is 0.0953. The Balaban J connectivity index is 2.51. The van der Waals surface area contributed by atoms with Crippen molar-refractivity contribution in [2.45, 2.75) is 26.2 Å². The smallest absolute Gasteiger partial charge is 0.169 e. The number of nitriles is 1. The standard InChI is InChI=1S/C15H16BrNO/c1-12(6-4-2-3-5-11-17)15(18)13-7-9-14(16)10-8-13/h4,6-10,12H,2-3,5H2,1H3/b6-4+/t12-/m0/s1. The van der Waals surface area contributed by atoms with Crippen molar-refractivity contribution in [1.82, 2.24) is 0 Å². The molecule has 1 atom stereocenters. The maximum absolute atomic E-state index is 12.1. The highest BCUT2D eigenvalue weighted by atomic mass is 79.9. The van der Waals surface area contributed by atoms with E-state index in [0.29, 0.717) is 6.42 Å². The molecule has 0 bridgehead atoms. The molecule has 0 aliphatic rings. The van der Waals surface area contributed by atoms with Crippen molar-refractivity contribution in [3.8, 4) is 6.07 Å². The van der Waals surface area contributed by atoms with Gasteiger partial charge in [0.05, 0.1) is 6.07 Å². The zero-order valence-electron chi connectivity index (χ0n) is 10.4. The average molecular weight is 306 g/mol. The number of halogens is 1. The third-order valence-electron chi connectivity index (χ3n) is 2.63. The zero-order chi connectivity index (χ0) is 13.4. The summed E-state index contributed by atoms with van der Waals surface area (Å²) in [6.45, 7) is 1.89. The van der Waals surface area contributed by atoms with Crippen LogP contribution in [0.3, 0.4) is 0 Å². The van der Waals surface area contributed by atoms with Crippen LogP contribution in [0.25, 0.3) is 0 Å². The summed E-state index contributed by atoms with van der Waals surface area (Å²) in [4.78, 5) is 12.1. The molecule has 0 saturated carbocycles. The predicted molar refractivity (Wildman–Crippen MR) is 76.2 cm³/mol. The number of carbonyl (C=O) groups is 1. The van der Waals surface area contributed by atoms with Crippen molar-refractivity contribution in [1.29, 1.82) is 5.26 Å². The molecular weight excluding hydrogens is 290 g/mol. The van der Waals surface area contributed by atoms with Gasteiger partial charge in [0.1, 0.15) is 0 Å². The van der Waals surface area contributed by atoms with Crippen LogP contribution < -0.4 is 0 Å². The average Bonchev–Trinajstić information content (AvgIpc) is 2.38. The first kappa shape index (κ1) is 14.7. The largest absolute Gasteiger partial charge is 0.294 e. The van der Waals surface area contributed by atoms with E-state index in [0.717, 1.165) is 22.9 Å². The van der Waals surface area contributed by atoms with Gasteiger partial charge in [-0.1, -0.05) is 47.1 Å². The summed E-state index contributed by atoms with van der Waals surface area (Å²) in [6, 6.07) is 9.50. The first-order valence-corrected chi connectivity index (χ1v) is 6.78. The Hall–Kier alpha value is -1.40. The molecule has 0 aliphatic carbocycles. The van der Waals surface area contributed by atoms with Gasteiger partial charge in [-0.25, -0.2) is 0 Å². The highest BCUT2D eigenvalue weighted by molar-refractivity contribution is 9.10. The fourth-order valence-electron chi connectivity index (χ4n) is 1.56. The number of hydrogen-bond donors (Lipinski definition) is 0. The number of allylic oxidation sites excluding steroid dienone is 2. The lowest BCUT2D eigenvalue weighted by Crippen LogP contribution is -2.08. The molecule has 18 heavy (non-hydrogen) atoms. The number of rotatable bonds is 6. The fraction of sp³-hybridized carbons (Fsp3) is 0.333. The molecule has 0 unspecified atom stereocenters. The van der Waals surface area contributed by atoms with E-state index in [-0.39, 0.29) is 11.7 Å². The molecule has 0 heterocycles. The Morgan fingerprint density at radius 3 is 2.72 bits per heavy atom. The van der Waals surface area contributed by atoms with Crippen LogP contribution >= 0.6 is 15.9 Å². The Morgan fingerprint density at radius 2 is 2.11 bits per heavy atom. The van der Waals surface area contributed by atoms with Crippen LogP contribution in [0.2, 0.25) is 0 Å². The van der Waals surface area contributed by atoms with E-state index in [4.69, 9.17) is 5.26 Å². The predicted octanol–water partition coefficient (Wildman–Crippen LogP) is 4.52. The van der Waals surface area contributed by atoms with E-state index in [1.807, 2.05) is 43.3 Å². The third kappa shape index (κ3) is 4.85. The van der Waals surface area contributed by atoms with Gasteiger partial charge >= 0.3 is 0 Å². The number of ketones is 1. The van der Waals surface area contributed by atoms with E-state index in [9.17, 15) is 4.79 Å². The second-order valence-corrected chi connectivity index (χ2v) is 5.05. The molecule has 0 aromatic heterocycles. The quantitative estimate of drug-likeness (QED) is 0.440. The molecule has 0 N–H and O–H groups in total. The van der Waals surface area contributed by atoms with E-state index < -0.39 is 0 Å². The normalized spacial score (nSPS) is 12.3. The number of hydrogen-bond acceptors (Lipinski definition) is 2. The summed E-state index contributed by atoms with van der Waals surface area (Å²) in [5.74, 6) is 0.00675. The lowest BCUT2D eigenvalue weighted by Gasteiger charge is -2.05. The van der Waals surface area contributed by atoms with Gasteiger partial charge in [-0.05, 0) is 25.0 Å². The van der Waals surface area contributed by atoms with Gasteiger partial charge in [-0.2, -0.15) is 5.26 Å². The number of unbranched alkanes of at least 4 members (excludes halogenated alkanes) is 2. The Labute approximate surface area is 116 Å². The highest BCUT2D eigenvalue weighted by Gasteiger charge is 2.11. The van der Waals surface area contributed by atoms with E-state index in [1.165, 1.54) is 0 Å². The Bertz CT molecular complexity index is 456. The summed E-state index contributed by atoms with van der Waals surface area (Å²) in [5.41, 5.74) is 0.729. The topological polar surface area (TPSA) is 40.9 Å². The summed E-state index contributed by atoms with van der Waals surface area (Å²) in [7, 11) is 0. The number of Topliss-reactive ketones (excluding diaryl/α,β-unsaturated/α-hetero) is 1. The number of carbonyl (C=O) groups excluding carboxylic acids is 1. The van der Waals surface area contributed by atoms with Crippen LogP contribution in [0.4, 0.5) is 0 Å². The van der Waals surface area contributed by atoms with Crippen LogP contribution in [0.5, 0.6) is 0 Å². The second kappa shape index (κ2) is 7.84. The van der Waals surface area contributed by atoms with Gasteiger partial charge in [-0.15, -0.1) is 0 Å². The van der Waals surface area contributed by atoms with Crippen LogP contribution in [-0.4, -0.2) is 5.78 Å². The molecule has 0 spiro atoms. The molecule has 0 radical (unpaired) electrons. The zero-order valence-corrected chi connectivity index (χ0v) is 12.0. The number of benzene rings is 1. The van der Waals surface area contributed by atoms with Crippen LogP contribution in [0, 0.1) is 17.2 Å². The van der Waals surface area contributed by atoms with Crippen molar-refractivity contribution in [3.05, 3.63) is 46.5 Å². The van der Waals surface area contributed by atoms with Gasteiger partial charge in [0, 0.05) is 22.4 Å². The molecule has 0 fully saturated rings. The van der Waals surface area contributed by atoms with E-state index >= 15 is 0 Å². The van der Waals surface area contributed by atoms with Crippen molar-refractivity contribution in [3.63, 3.8) is 0 Å². The summed E-state index contributed by atoms with van der Waals surface area (Å²) in [6.07, 6.45) is 6.18. The van der Waals surface area contributed by atoms with E-state index in [2.05, 4.69) is 22.0 Å². The van der Waals surface area contributed by atoms with E-state index in [1.54, 1.807) is 0 Å². The molecule has 0 amide bonds. The van der Waals surface area contributed by atoms with Gasteiger partial charge in [0.15, 0.2) is 5.78 Å². The maximum Gasteiger partial charge on any atom is 0.169 e. The molecule has 2 nitrogen and oxygen atoms in total. The van der Waals surface area contributed by atoms with Gasteiger partial charge in [0.25, 0.3) is 0 Å². The molecule has 0 aliphatic heterocycles. The van der Waals surface area contributed by atoms with Gasteiger partial charge in [-0.3, -0.25) is 4.79 Å². The first-order chi connectivity index (χ1) is 8.65. The molecule has 1 aromatic rings. The third-order valence-corrected chi connectivity index (χ3v) is 3.16. The van der Waals surface area contributed by atoms with Crippen LogP contribution in [0.15, 0.2) is 40.9 Å². The fourth-order valence-corrected chi connectivity index (χ4v) is 1.83. The van der Waals surface area contributed by atoms with Crippen molar-refractivity contribution >= 4 is 21.7 Å². The lowest BCUT2D eigenvalue weighted by atomic mass is 9.98. The summed E-state index contributed by atoms with van der Waals surface area (Å²) < 4.78 is 0.971. The second-order valence-electron chi connectivity index (χ2n) is 4.14. The first-order valence-electron chi connectivity index (χ1n) is 5.98. The molecule has 1 rings (SSSR count). The Kier molecular flexibility index (Phi) is 6.38. The van der Waals surface area contributed by atoms with Gasteiger partial charge < -0.3 is 0 Å². The molecule has 0 saturated heterocycles. The van der Waals surface area contributed by atoms with Crippen LogP contribution in [0.1, 0.15) is 36.5 Å². The molecule has 3 heteroatoms. The number of nitrogens with zero attached hydrogens (tertiary/aromatic N) is 1. The van der Waals surface area contributed by atoms with Gasteiger partial charge in [0.2, 0.25) is 0 Å². The van der Waals surface area contributed by atoms with Crippen molar-refractivity contribution in [2.75, 3.05) is 0 Å². The SMILES string of the molecule is C[C@@H](/C=C/CCCC#N)C(=O)c1ccc(Br)cc1. The molecular formula is C15H16BrNO. The summed E-state index contributed by atoms with van der Waals surface area (Å²) in [5, 5.41) is 8.40.